The van der Waals surface area contributed by atoms with Gasteiger partial charge in [-0.25, -0.2) is 22.2 Å². The van der Waals surface area contributed by atoms with Crippen molar-refractivity contribution in [2.45, 2.75) is 24.3 Å². The van der Waals surface area contributed by atoms with E-state index in [4.69, 9.17) is 4.74 Å². The number of pyridine rings is 1. The Morgan fingerprint density at radius 3 is 2.37 bits per heavy atom. The largest absolute Gasteiger partial charge is 0.496 e. The number of hydrogen-bond donors (Lipinski definition) is 2. The van der Waals surface area contributed by atoms with Crippen LogP contribution in [0.4, 0.5) is 4.79 Å². The lowest BCUT2D eigenvalue weighted by atomic mass is 9.90. The van der Waals surface area contributed by atoms with Gasteiger partial charge in [-0.05, 0) is 55.3 Å². The van der Waals surface area contributed by atoms with E-state index in [0.29, 0.717) is 33.4 Å². The Hall–Kier alpha value is -4.96. The van der Waals surface area contributed by atoms with Gasteiger partial charge in [0.15, 0.2) is 5.65 Å². The van der Waals surface area contributed by atoms with Crippen LogP contribution in [0.15, 0.2) is 96.2 Å². The van der Waals surface area contributed by atoms with E-state index in [1.807, 2.05) is 49.4 Å². The summed E-state index contributed by atoms with van der Waals surface area (Å²) in [6, 6.07) is 22.6. The third kappa shape index (κ3) is 4.33. The first kappa shape index (κ1) is 26.3. The second kappa shape index (κ2) is 9.60. The van der Waals surface area contributed by atoms with E-state index in [0.717, 1.165) is 11.1 Å². The van der Waals surface area contributed by atoms with Crippen molar-refractivity contribution in [1.82, 2.24) is 19.6 Å². The van der Waals surface area contributed by atoms with Crippen molar-refractivity contribution in [2.24, 2.45) is 0 Å². The zero-order valence-corrected chi connectivity index (χ0v) is 23.3. The van der Waals surface area contributed by atoms with Gasteiger partial charge in [-0.15, -0.1) is 0 Å². The third-order valence-electron chi connectivity index (χ3n) is 7.40. The molecule has 1 saturated heterocycles. The normalized spacial score (nSPS) is 17.0. The molecule has 2 N–H and O–H groups in total. The molecule has 0 saturated carbocycles. The Labute approximate surface area is 236 Å². The summed E-state index contributed by atoms with van der Waals surface area (Å²) in [6.45, 7) is 3.54. The van der Waals surface area contributed by atoms with Crippen molar-refractivity contribution < 1.29 is 22.7 Å². The summed E-state index contributed by atoms with van der Waals surface area (Å²) in [5.74, 6) is 0.146. The van der Waals surface area contributed by atoms with Crippen molar-refractivity contribution in [3.8, 4) is 28.0 Å². The van der Waals surface area contributed by atoms with Gasteiger partial charge in [0.05, 0.1) is 12.0 Å². The number of urea groups is 1. The molecule has 0 bridgehead atoms. The molecule has 0 radical (unpaired) electrons. The number of methoxy groups -OCH3 is 1. The Morgan fingerprint density at radius 2 is 1.66 bits per heavy atom. The predicted octanol–water partition coefficient (Wildman–Crippen LogP) is 4.98. The highest BCUT2D eigenvalue weighted by Crippen LogP contribution is 2.39. The van der Waals surface area contributed by atoms with Crippen LogP contribution >= 0.6 is 0 Å². The molecule has 0 aliphatic carbocycles. The van der Waals surface area contributed by atoms with E-state index in [-0.39, 0.29) is 10.5 Å². The van der Waals surface area contributed by atoms with Crippen molar-refractivity contribution in [3.63, 3.8) is 0 Å². The fourth-order valence-electron chi connectivity index (χ4n) is 5.08. The van der Waals surface area contributed by atoms with Crippen LogP contribution in [0, 0.1) is 6.92 Å². The van der Waals surface area contributed by atoms with E-state index in [9.17, 15) is 18.0 Å². The summed E-state index contributed by atoms with van der Waals surface area (Å²) < 4.78 is 34.4. The van der Waals surface area contributed by atoms with Gasteiger partial charge in [0.2, 0.25) is 0 Å². The average molecular weight is 567 g/mol. The number of imide groups is 1. The van der Waals surface area contributed by atoms with Gasteiger partial charge in [-0.1, -0.05) is 54.1 Å². The molecule has 5 aromatic rings. The fourth-order valence-corrected chi connectivity index (χ4v) is 6.41. The van der Waals surface area contributed by atoms with Gasteiger partial charge >= 0.3 is 6.03 Å². The first-order chi connectivity index (χ1) is 19.6. The molecular weight excluding hydrogens is 540 g/mol. The summed E-state index contributed by atoms with van der Waals surface area (Å²) in [5, 5.41) is 5.58. The van der Waals surface area contributed by atoms with Crippen LogP contribution in [-0.2, 0) is 20.4 Å². The number of aromatic nitrogens is 2. The molecule has 6 rings (SSSR count). The van der Waals surface area contributed by atoms with Gasteiger partial charge in [0.1, 0.15) is 11.3 Å². The molecule has 1 aliphatic rings. The maximum absolute atomic E-state index is 13.8. The van der Waals surface area contributed by atoms with Gasteiger partial charge in [0, 0.05) is 34.5 Å². The van der Waals surface area contributed by atoms with E-state index in [1.165, 1.54) is 3.97 Å². The van der Waals surface area contributed by atoms with Crippen LogP contribution in [0.25, 0.3) is 33.3 Å². The standard InChI is InChI=1S/C31H26N4O5S/c1-19-11-13-23(14-12-19)41(38,39)35-18-26(24-9-4-5-10-27(24)40-3)25-16-21(17-32-28(25)35)20-7-6-8-22(15-20)31(2)29(36)33-30(37)34-31/h4-18H,1-3H3,(H2,33,34,36,37). The zero-order valence-electron chi connectivity index (χ0n) is 22.5. The number of para-hydroxylation sites is 1. The number of hydrogen-bond acceptors (Lipinski definition) is 6. The highest BCUT2D eigenvalue weighted by Gasteiger charge is 2.43. The van der Waals surface area contributed by atoms with Gasteiger partial charge in [0.25, 0.3) is 15.9 Å². The highest BCUT2D eigenvalue weighted by atomic mass is 32.2. The van der Waals surface area contributed by atoms with Crippen molar-refractivity contribution in [1.29, 1.82) is 0 Å². The Bertz CT molecular complexity index is 1960. The van der Waals surface area contributed by atoms with Crippen molar-refractivity contribution in [2.75, 3.05) is 7.11 Å². The second-order valence-corrected chi connectivity index (χ2v) is 11.9. The SMILES string of the molecule is COc1ccccc1-c1cn(S(=O)(=O)c2ccc(C)cc2)c2ncc(-c3cccc(C4(C)NC(=O)NC4=O)c3)cc12. The Morgan fingerprint density at radius 1 is 0.902 bits per heavy atom. The molecule has 9 nitrogen and oxygen atoms in total. The molecule has 3 amide bonds. The minimum Gasteiger partial charge on any atom is -0.496 e. The van der Waals surface area contributed by atoms with Gasteiger partial charge in [-0.2, -0.15) is 0 Å². The molecule has 41 heavy (non-hydrogen) atoms. The monoisotopic (exact) mass is 566 g/mol. The number of amides is 3. The van der Waals surface area contributed by atoms with Gasteiger partial charge in [-0.3, -0.25) is 10.1 Å². The Kier molecular flexibility index (Phi) is 6.15. The number of aryl methyl sites for hydroxylation is 1. The van der Waals surface area contributed by atoms with Crippen LogP contribution in [0.1, 0.15) is 18.1 Å². The average Bonchev–Trinajstić information content (AvgIpc) is 3.49. The molecule has 1 unspecified atom stereocenters. The van der Waals surface area contributed by atoms with E-state index >= 15 is 0 Å². The summed E-state index contributed by atoms with van der Waals surface area (Å²) in [6.07, 6.45) is 3.18. The molecule has 3 aromatic carbocycles. The smallest absolute Gasteiger partial charge is 0.322 e. The minimum absolute atomic E-state index is 0.148. The topological polar surface area (TPSA) is 119 Å². The van der Waals surface area contributed by atoms with E-state index < -0.39 is 27.5 Å². The van der Waals surface area contributed by atoms with Crippen LogP contribution in [0.5, 0.6) is 5.75 Å². The van der Waals surface area contributed by atoms with Crippen LogP contribution < -0.4 is 15.4 Å². The first-order valence-electron chi connectivity index (χ1n) is 12.8. The number of benzene rings is 3. The molecule has 0 spiro atoms. The molecule has 1 aliphatic heterocycles. The van der Waals surface area contributed by atoms with E-state index in [2.05, 4.69) is 15.6 Å². The number of carbonyl (C=O) groups is 2. The summed E-state index contributed by atoms with van der Waals surface area (Å²) in [4.78, 5) is 29.2. The van der Waals surface area contributed by atoms with Crippen LogP contribution in [0.3, 0.4) is 0 Å². The summed E-state index contributed by atoms with van der Waals surface area (Å²) in [5.41, 5.74) is 3.38. The maximum Gasteiger partial charge on any atom is 0.322 e. The molecule has 3 heterocycles. The van der Waals surface area contributed by atoms with Crippen LogP contribution in [-0.4, -0.2) is 36.4 Å². The zero-order chi connectivity index (χ0) is 28.9. The fraction of sp³-hybridized carbons (Fsp3) is 0.129. The minimum atomic E-state index is -3.98. The van der Waals surface area contributed by atoms with Crippen molar-refractivity contribution >= 4 is 33.0 Å². The molecule has 206 valence electrons. The predicted molar refractivity (Wildman–Crippen MR) is 155 cm³/mol. The number of nitrogens with one attached hydrogen (secondary N) is 2. The molecule has 2 aromatic heterocycles. The third-order valence-corrected chi connectivity index (χ3v) is 9.07. The highest BCUT2D eigenvalue weighted by molar-refractivity contribution is 7.90. The van der Waals surface area contributed by atoms with Crippen LogP contribution in [0.2, 0.25) is 0 Å². The van der Waals surface area contributed by atoms with Crippen molar-refractivity contribution in [3.05, 3.63) is 102 Å². The lowest BCUT2D eigenvalue weighted by Gasteiger charge is -2.21. The number of nitrogens with zero attached hydrogens (tertiary/aromatic N) is 2. The Balaban J connectivity index is 1.55. The molecule has 10 heteroatoms. The maximum atomic E-state index is 13.8. The lowest BCUT2D eigenvalue weighted by Crippen LogP contribution is -2.40. The van der Waals surface area contributed by atoms with E-state index in [1.54, 1.807) is 62.8 Å². The summed E-state index contributed by atoms with van der Waals surface area (Å²) >= 11 is 0. The number of ether oxygens (including phenoxy) is 1. The number of rotatable bonds is 6. The second-order valence-electron chi connectivity index (χ2n) is 10.1. The van der Waals surface area contributed by atoms with Gasteiger partial charge < -0.3 is 10.1 Å². The first-order valence-corrected chi connectivity index (χ1v) is 14.3. The molecule has 1 atom stereocenters. The lowest BCUT2D eigenvalue weighted by molar-refractivity contribution is -0.123. The molecule has 1 fully saturated rings. The summed E-state index contributed by atoms with van der Waals surface area (Å²) in [7, 11) is -2.41. The number of fused-ring (bicyclic) bond motifs is 1. The molecular formula is C31H26N4O5S. The quantitative estimate of drug-likeness (QED) is 0.280. The number of carbonyl (C=O) groups excluding carboxylic acids is 2.